The molecule has 65 valence electrons. The standard InChI is InChI=1S/C7H7.C4H9.Al.H2/c1-7-5-3-2-4-6-7;1-4(2)3;;/h2-6H,1H2;4H,1H2,2-3H3;;1H. The maximum atomic E-state index is 2.30. The highest BCUT2D eigenvalue weighted by Crippen LogP contribution is 2.03. The molecule has 0 aliphatic heterocycles. The Morgan fingerprint density at radius 1 is 1.25 bits per heavy atom. The summed E-state index contributed by atoms with van der Waals surface area (Å²) in [6.07, 6.45) is 0. The molecule has 0 saturated heterocycles. The average Bonchev–Trinajstić information content (AvgIpc) is 2.05. The van der Waals surface area contributed by atoms with E-state index in [0.29, 0.717) is 15.2 Å². The highest BCUT2D eigenvalue weighted by molar-refractivity contribution is 6.34. The summed E-state index contributed by atoms with van der Waals surface area (Å²) >= 11 is 0.628. The van der Waals surface area contributed by atoms with Gasteiger partial charge in [-0.15, -0.1) is 5.28 Å². The van der Waals surface area contributed by atoms with Gasteiger partial charge in [-0.25, -0.2) is 0 Å². The molecule has 12 heavy (non-hydrogen) atoms. The van der Waals surface area contributed by atoms with Gasteiger partial charge in [-0.1, -0.05) is 60.9 Å². The zero-order chi connectivity index (χ0) is 8.81. The molecule has 0 spiro atoms. The van der Waals surface area contributed by atoms with Crippen molar-refractivity contribution in [3.05, 3.63) is 35.9 Å². The second kappa shape index (κ2) is 5.41. The van der Waals surface area contributed by atoms with Crippen molar-refractivity contribution in [3.8, 4) is 0 Å². The first-order valence-corrected chi connectivity index (χ1v) is 6.28. The van der Waals surface area contributed by atoms with Crippen molar-refractivity contribution in [2.75, 3.05) is 0 Å². The van der Waals surface area contributed by atoms with Crippen molar-refractivity contribution in [1.82, 2.24) is 0 Å². The Kier molecular flexibility index (Phi) is 4.43. The minimum absolute atomic E-state index is 0. The van der Waals surface area contributed by atoms with Crippen LogP contribution < -0.4 is 0 Å². The van der Waals surface area contributed by atoms with Gasteiger partial charge in [0.25, 0.3) is 0 Å². The van der Waals surface area contributed by atoms with Gasteiger partial charge in [0, 0.05) is 1.43 Å². The Morgan fingerprint density at radius 3 is 2.50 bits per heavy atom. The van der Waals surface area contributed by atoms with E-state index in [0.717, 1.165) is 5.92 Å². The predicted octanol–water partition coefficient (Wildman–Crippen LogP) is 3.21. The lowest BCUT2D eigenvalue weighted by Crippen LogP contribution is -2.00. The highest BCUT2D eigenvalue weighted by atomic mass is 27.1. The molecule has 0 nitrogen and oxygen atoms in total. The smallest absolute Gasteiger partial charge is 0.101 e. The van der Waals surface area contributed by atoms with Crippen LogP contribution in [0.1, 0.15) is 20.8 Å². The summed E-state index contributed by atoms with van der Waals surface area (Å²) in [6.45, 7) is 4.61. The Hall–Kier alpha value is -0.248. The molecule has 1 heteroatoms. The van der Waals surface area contributed by atoms with Gasteiger partial charge in [0.2, 0.25) is 15.2 Å². The van der Waals surface area contributed by atoms with E-state index in [-0.39, 0.29) is 1.43 Å². The topological polar surface area (TPSA) is 0 Å². The van der Waals surface area contributed by atoms with E-state index in [1.54, 1.807) is 0 Å². The van der Waals surface area contributed by atoms with Crippen LogP contribution >= 0.6 is 0 Å². The van der Waals surface area contributed by atoms with Crippen molar-refractivity contribution in [1.29, 1.82) is 0 Å². The lowest BCUT2D eigenvalue weighted by molar-refractivity contribution is 0.729. The van der Waals surface area contributed by atoms with E-state index >= 15 is 0 Å². The molecule has 0 N–H and O–H groups in total. The lowest BCUT2D eigenvalue weighted by atomic mass is 10.2. The molecule has 0 atom stereocenters. The van der Waals surface area contributed by atoms with Gasteiger partial charge in [-0.05, 0) is 0 Å². The van der Waals surface area contributed by atoms with Crippen LogP contribution in [0, 0.1) is 5.92 Å². The average molecular weight is 177 g/mol. The van der Waals surface area contributed by atoms with Gasteiger partial charge in [0.1, 0.15) is 0 Å². The van der Waals surface area contributed by atoms with Crippen LogP contribution in [-0.4, -0.2) is 15.2 Å². The van der Waals surface area contributed by atoms with E-state index in [4.69, 9.17) is 0 Å². The first-order valence-electron chi connectivity index (χ1n) is 4.64. The fourth-order valence-corrected chi connectivity index (χ4v) is 2.64. The second-order valence-electron chi connectivity index (χ2n) is 3.61. The SMILES string of the molecule is CC(C)[CH2][Al][CH2]c1ccccc1.[HH]. The summed E-state index contributed by atoms with van der Waals surface area (Å²) in [5.74, 6) is 0.878. The fourth-order valence-electron chi connectivity index (χ4n) is 1.20. The predicted molar refractivity (Wildman–Crippen MR) is 57.7 cm³/mol. The molecule has 0 aliphatic carbocycles. The Morgan fingerprint density at radius 2 is 1.92 bits per heavy atom. The Balaban J connectivity index is 0.00000144. The molecule has 0 heterocycles. The molecule has 0 bridgehead atoms. The van der Waals surface area contributed by atoms with Crippen molar-refractivity contribution in [2.45, 2.75) is 24.4 Å². The van der Waals surface area contributed by atoms with Gasteiger partial charge in [0.15, 0.2) is 0 Å². The maximum Gasteiger partial charge on any atom is 0.207 e. The van der Waals surface area contributed by atoms with Crippen molar-refractivity contribution < 1.29 is 1.43 Å². The molecule has 0 saturated carbocycles. The number of rotatable bonds is 4. The van der Waals surface area contributed by atoms with E-state index in [9.17, 15) is 0 Å². The molecule has 0 aliphatic rings. The quantitative estimate of drug-likeness (QED) is 0.619. The molecule has 0 aromatic heterocycles. The van der Waals surface area contributed by atoms with E-state index in [2.05, 4.69) is 44.2 Å². The zero-order valence-corrected chi connectivity index (χ0v) is 9.11. The Labute approximate surface area is 83.2 Å². The summed E-state index contributed by atoms with van der Waals surface area (Å²) in [5.41, 5.74) is 1.51. The van der Waals surface area contributed by atoms with Gasteiger partial charge in [-0.2, -0.15) is 0 Å². The third-order valence-corrected chi connectivity index (χ3v) is 3.90. The van der Waals surface area contributed by atoms with E-state index in [1.165, 1.54) is 16.1 Å². The largest absolute Gasteiger partial charge is 0.207 e. The minimum Gasteiger partial charge on any atom is -0.101 e. The highest BCUT2D eigenvalue weighted by Gasteiger charge is 1.97. The van der Waals surface area contributed by atoms with Crippen LogP contribution in [-0.2, 0) is 5.28 Å². The molecular formula is C11H18Al. The van der Waals surface area contributed by atoms with Crippen LogP contribution in [0.15, 0.2) is 30.3 Å². The Bertz CT molecular complexity index is 209. The number of hydrogen-bond donors (Lipinski definition) is 0. The molecular weight excluding hydrogens is 159 g/mol. The third kappa shape index (κ3) is 3.95. The van der Waals surface area contributed by atoms with Gasteiger partial charge >= 0.3 is 0 Å². The second-order valence-corrected chi connectivity index (χ2v) is 5.06. The van der Waals surface area contributed by atoms with E-state index < -0.39 is 0 Å². The summed E-state index contributed by atoms with van der Waals surface area (Å²) in [7, 11) is 0. The first-order chi connectivity index (χ1) is 5.79. The molecule has 1 aromatic carbocycles. The molecule has 0 fully saturated rings. The molecule has 1 aromatic rings. The minimum atomic E-state index is 0. The zero-order valence-electron chi connectivity index (χ0n) is 7.96. The van der Waals surface area contributed by atoms with Crippen LogP contribution in [0.25, 0.3) is 0 Å². The maximum absolute atomic E-state index is 2.30. The van der Waals surface area contributed by atoms with E-state index in [1.807, 2.05) is 0 Å². The summed E-state index contributed by atoms with van der Waals surface area (Å²) in [4.78, 5) is 0. The van der Waals surface area contributed by atoms with Crippen LogP contribution in [0.5, 0.6) is 0 Å². The number of hydrogen-bond acceptors (Lipinski definition) is 0. The lowest BCUT2D eigenvalue weighted by Gasteiger charge is -2.02. The summed E-state index contributed by atoms with van der Waals surface area (Å²) in [5, 5.41) is 2.74. The van der Waals surface area contributed by atoms with Crippen molar-refractivity contribution in [3.63, 3.8) is 0 Å². The molecule has 1 radical (unpaired) electrons. The van der Waals surface area contributed by atoms with Crippen molar-refractivity contribution in [2.24, 2.45) is 5.92 Å². The molecule has 0 amide bonds. The van der Waals surface area contributed by atoms with Crippen LogP contribution in [0.4, 0.5) is 0 Å². The fraction of sp³-hybridized carbons (Fsp3) is 0.455. The van der Waals surface area contributed by atoms with Gasteiger partial charge < -0.3 is 0 Å². The first kappa shape index (κ1) is 9.84. The summed E-state index contributed by atoms with van der Waals surface area (Å²) in [6, 6.07) is 10.8. The third-order valence-electron chi connectivity index (χ3n) is 1.86. The molecule has 0 unspecified atom stereocenters. The monoisotopic (exact) mass is 177 g/mol. The summed E-state index contributed by atoms with van der Waals surface area (Å²) < 4.78 is 0. The normalized spacial score (nSPS) is 10.2. The number of benzene rings is 1. The molecule has 1 rings (SSSR count). The van der Waals surface area contributed by atoms with Crippen LogP contribution in [0.3, 0.4) is 0 Å². The van der Waals surface area contributed by atoms with Gasteiger partial charge in [0.05, 0.1) is 0 Å². The van der Waals surface area contributed by atoms with Crippen molar-refractivity contribution >= 4 is 15.2 Å². The van der Waals surface area contributed by atoms with Crippen LogP contribution in [0.2, 0.25) is 5.28 Å². The van der Waals surface area contributed by atoms with Gasteiger partial charge in [-0.3, -0.25) is 0 Å².